The number of hydrogen-bond donors (Lipinski definition) is 1. The number of aromatic nitrogens is 3. The van der Waals surface area contributed by atoms with Crippen molar-refractivity contribution in [2.45, 2.75) is 51.0 Å². The van der Waals surface area contributed by atoms with E-state index in [1.165, 1.54) is 28.0 Å². The molecule has 0 radical (unpaired) electrons. The molecule has 2 amide bonds. The summed E-state index contributed by atoms with van der Waals surface area (Å²) >= 11 is 0. The number of nitrogens with zero attached hydrogens (tertiary/aromatic N) is 4. The van der Waals surface area contributed by atoms with Gasteiger partial charge in [-0.3, -0.25) is 9.59 Å². The van der Waals surface area contributed by atoms with Crippen molar-refractivity contribution in [3.8, 4) is 0 Å². The van der Waals surface area contributed by atoms with Gasteiger partial charge in [-0.15, -0.1) is 5.10 Å². The van der Waals surface area contributed by atoms with Gasteiger partial charge in [-0.25, -0.2) is 13.5 Å². The van der Waals surface area contributed by atoms with Crippen LogP contribution in [-0.2, 0) is 16.1 Å². The highest BCUT2D eigenvalue weighted by Gasteiger charge is 2.40. The molecule has 0 unspecified atom stereocenters. The molecule has 0 spiro atoms. The number of alkyl halides is 1. The molecule has 1 aliphatic rings. The van der Waals surface area contributed by atoms with Crippen LogP contribution < -0.4 is 5.32 Å². The zero-order valence-corrected chi connectivity index (χ0v) is 19.1. The van der Waals surface area contributed by atoms with E-state index in [1.807, 2.05) is 44.2 Å². The van der Waals surface area contributed by atoms with Gasteiger partial charge in [0.15, 0.2) is 0 Å². The number of benzene rings is 2. The van der Waals surface area contributed by atoms with Crippen LogP contribution in [0.25, 0.3) is 0 Å². The predicted molar refractivity (Wildman–Crippen MR) is 122 cm³/mol. The summed E-state index contributed by atoms with van der Waals surface area (Å²) in [5.74, 6) is -1.25. The molecular weight excluding hydrogens is 440 g/mol. The van der Waals surface area contributed by atoms with Crippen LogP contribution in [0.15, 0.2) is 60.9 Å². The lowest BCUT2D eigenvalue weighted by Gasteiger charge is -2.27. The summed E-state index contributed by atoms with van der Waals surface area (Å²) in [7, 11) is 0. The standard InChI is InChI=1S/C25H27F2N5O2/c1-16(2)20-9-8-18(12-21(20)27)24(17-6-4-3-5-7-17)29-25(34)22-13-19(26)14-32(22)23(33)15-31-11-10-28-30-31/h3-12,16,19,22,24H,13-15H2,1-2H3,(H,29,34)/t19-,22+,24+/m1/s1. The normalized spacial score (nSPS) is 18.8. The number of hydrogen-bond acceptors (Lipinski definition) is 4. The van der Waals surface area contributed by atoms with Gasteiger partial charge in [0, 0.05) is 12.6 Å². The number of halogens is 2. The van der Waals surface area contributed by atoms with Crippen LogP contribution in [0.4, 0.5) is 8.78 Å². The molecule has 1 saturated heterocycles. The Labute approximate surface area is 196 Å². The van der Waals surface area contributed by atoms with E-state index in [-0.39, 0.29) is 31.2 Å². The van der Waals surface area contributed by atoms with Crippen molar-refractivity contribution >= 4 is 11.8 Å². The molecule has 178 valence electrons. The van der Waals surface area contributed by atoms with Crippen LogP contribution >= 0.6 is 0 Å². The summed E-state index contributed by atoms with van der Waals surface area (Å²) in [4.78, 5) is 27.4. The highest BCUT2D eigenvalue weighted by molar-refractivity contribution is 5.88. The first-order valence-electron chi connectivity index (χ1n) is 11.3. The minimum absolute atomic E-state index is 0.0170. The van der Waals surface area contributed by atoms with Gasteiger partial charge in [-0.05, 0) is 28.7 Å². The molecule has 0 aliphatic carbocycles. The average Bonchev–Trinajstić information content (AvgIpc) is 3.47. The number of amides is 2. The van der Waals surface area contributed by atoms with Crippen molar-refractivity contribution in [2.75, 3.05) is 6.54 Å². The Balaban J connectivity index is 1.59. The third-order valence-corrected chi connectivity index (χ3v) is 6.04. The maximum Gasteiger partial charge on any atom is 0.245 e. The molecule has 1 N–H and O–H groups in total. The first kappa shape index (κ1) is 23.5. The summed E-state index contributed by atoms with van der Waals surface area (Å²) in [6.07, 6.45) is 1.55. The van der Waals surface area contributed by atoms with Gasteiger partial charge in [0.2, 0.25) is 11.8 Å². The number of rotatable bonds is 7. The maximum absolute atomic E-state index is 14.8. The molecule has 2 aromatic carbocycles. The summed E-state index contributed by atoms with van der Waals surface area (Å²) < 4.78 is 30.4. The molecular formula is C25H27F2N5O2. The lowest BCUT2D eigenvalue weighted by molar-refractivity contribution is -0.139. The molecule has 9 heteroatoms. The van der Waals surface area contributed by atoms with Crippen LogP contribution in [0.1, 0.15) is 48.9 Å². The first-order chi connectivity index (χ1) is 16.3. The second kappa shape index (κ2) is 10.1. The molecule has 0 bridgehead atoms. The first-order valence-corrected chi connectivity index (χ1v) is 11.3. The number of nitrogens with one attached hydrogen (secondary N) is 1. The third-order valence-electron chi connectivity index (χ3n) is 6.04. The highest BCUT2D eigenvalue weighted by Crippen LogP contribution is 2.28. The van der Waals surface area contributed by atoms with E-state index in [4.69, 9.17) is 0 Å². The third kappa shape index (κ3) is 5.13. The molecule has 7 nitrogen and oxygen atoms in total. The van der Waals surface area contributed by atoms with Gasteiger partial charge in [0.1, 0.15) is 24.6 Å². The van der Waals surface area contributed by atoms with E-state index in [1.54, 1.807) is 12.1 Å². The van der Waals surface area contributed by atoms with Crippen LogP contribution in [0, 0.1) is 5.82 Å². The summed E-state index contributed by atoms with van der Waals surface area (Å²) in [5.41, 5.74) is 1.91. The van der Waals surface area contributed by atoms with Gasteiger partial charge in [-0.2, -0.15) is 0 Å². The van der Waals surface area contributed by atoms with Crippen LogP contribution in [0.3, 0.4) is 0 Å². The fraction of sp³-hybridized carbons (Fsp3) is 0.360. The van der Waals surface area contributed by atoms with E-state index < -0.39 is 30.1 Å². The Morgan fingerprint density at radius 3 is 2.56 bits per heavy atom. The summed E-state index contributed by atoms with van der Waals surface area (Å²) in [6, 6.07) is 12.5. The van der Waals surface area contributed by atoms with Crippen molar-refractivity contribution in [3.05, 3.63) is 83.4 Å². The monoisotopic (exact) mass is 467 g/mol. The summed E-state index contributed by atoms with van der Waals surface area (Å²) in [5, 5.41) is 10.4. The average molecular weight is 468 g/mol. The van der Waals surface area contributed by atoms with E-state index in [9.17, 15) is 18.4 Å². The van der Waals surface area contributed by atoms with Crippen LogP contribution in [0.5, 0.6) is 0 Å². The fourth-order valence-electron chi connectivity index (χ4n) is 4.29. The number of carbonyl (C=O) groups excluding carboxylic acids is 2. The quantitative estimate of drug-likeness (QED) is 0.578. The molecule has 1 fully saturated rings. The smallest absolute Gasteiger partial charge is 0.245 e. The zero-order valence-electron chi connectivity index (χ0n) is 19.1. The molecule has 2 heterocycles. The second-order valence-electron chi connectivity index (χ2n) is 8.78. The SMILES string of the molecule is CC(C)c1ccc([C@@H](NC(=O)[C@@H]2C[C@@H](F)CN2C(=O)Cn2ccnn2)c2ccccc2)cc1F. The lowest BCUT2D eigenvalue weighted by atomic mass is 9.94. The van der Waals surface area contributed by atoms with Gasteiger partial charge in [-0.1, -0.05) is 61.5 Å². The maximum atomic E-state index is 14.8. The van der Waals surface area contributed by atoms with E-state index >= 15 is 0 Å². The topological polar surface area (TPSA) is 80.1 Å². The number of carbonyl (C=O) groups is 2. The Hall–Kier alpha value is -3.62. The Morgan fingerprint density at radius 2 is 1.91 bits per heavy atom. The highest BCUT2D eigenvalue weighted by atomic mass is 19.1. The van der Waals surface area contributed by atoms with Crippen molar-refractivity contribution in [1.29, 1.82) is 0 Å². The molecule has 34 heavy (non-hydrogen) atoms. The van der Waals surface area contributed by atoms with Crippen LogP contribution in [0.2, 0.25) is 0 Å². The van der Waals surface area contributed by atoms with Gasteiger partial charge in [0.25, 0.3) is 0 Å². The van der Waals surface area contributed by atoms with Gasteiger partial charge in [0.05, 0.1) is 18.8 Å². The Morgan fingerprint density at radius 1 is 1.15 bits per heavy atom. The molecule has 3 aromatic rings. The van der Waals surface area contributed by atoms with Gasteiger partial charge >= 0.3 is 0 Å². The molecule has 1 aliphatic heterocycles. The number of likely N-dealkylation sites (tertiary alicyclic amines) is 1. The van der Waals surface area contributed by atoms with Gasteiger partial charge < -0.3 is 10.2 Å². The summed E-state index contributed by atoms with van der Waals surface area (Å²) in [6.45, 7) is 3.51. The Bertz CT molecular complexity index is 1140. The van der Waals surface area contributed by atoms with Crippen molar-refractivity contribution in [2.24, 2.45) is 0 Å². The molecule has 1 aromatic heterocycles. The minimum atomic E-state index is -1.31. The Kier molecular flexibility index (Phi) is 7.00. The second-order valence-corrected chi connectivity index (χ2v) is 8.78. The lowest BCUT2D eigenvalue weighted by Crippen LogP contribution is -2.48. The van der Waals surface area contributed by atoms with E-state index in [2.05, 4.69) is 15.6 Å². The van der Waals surface area contributed by atoms with E-state index in [0.717, 1.165) is 5.56 Å². The van der Waals surface area contributed by atoms with Crippen molar-refractivity contribution in [1.82, 2.24) is 25.2 Å². The van der Waals surface area contributed by atoms with Crippen LogP contribution in [-0.4, -0.2) is 50.5 Å². The fourth-order valence-corrected chi connectivity index (χ4v) is 4.29. The minimum Gasteiger partial charge on any atom is -0.343 e. The van der Waals surface area contributed by atoms with Crippen molar-refractivity contribution in [3.63, 3.8) is 0 Å². The zero-order chi connectivity index (χ0) is 24.2. The van der Waals surface area contributed by atoms with Crippen molar-refractivity contribution < 1.29 is 18.4 Å². The van der Waals surface area contributed by atoms with E-state index in [0.29, 0.717) is 11.1 Å². The molecule has 0 saturated carbocycles. The predicted octanol–water partition coefficient (Wildman–Crippen LogP) is 3.39. The molecule has 3 atom stereocenters. The largest absolute Gasteiger partial charge is 0.343 e. The molecule has 4 rings (SSSR count).